The van der Waals surface area contributed by atoms with Gasteiger partial charge in [0.25, 0.3) is 0 Å². The highest BCUT2D eigenvalue weighted by Gasteiger charge is 2.13. The summed E-state index contributed by atoms with van der Waals surface area (Å²) >= 11 is 3.03. The molecule has 0 radical (unpaired) electrons. The smallest absolute Gasteiger partial charge is 0.150 e. The van der Waals surface area contributed by atoms with Crippen molar-refractivity contribution in [2.24, 2.45) is 0 Å². The van der Waals surface area contributed by atoms with E-state index in [0.29, 0.717) is 26.9 Å². The quantitative estimate of drug-likeness (QED) is 0.685. The van der Waals surface area contributed by atoms with Gasteiger partial charge in [0.05, 0.1) is 5.52 Å². The molecule has 106 valence electrons. The van der Waals surface area contributed by atoms with Crippen LogP contribution in [0.3, 0.4) is 0 Å². The second-order valence-electron chi connectivity index (χ2n) is 4.37. The number of rotatable bonds is 2. The molecule has 0 fully saturated rings. The van der Waals surface area contributed by atoms with E-state index in [9.17, 15) is 8.78 Å². The molecule has 0 aliphatic rings. The molecule has 3 rings (SSSR count). The summed E-state index contributed by atoms with van der Waals surface area (Å²) in [5, 5.41) is 3.29. The molecule has 0 aliphatic carbocycles. The molecule has 0 amide bonds. The minimum absolute atomic E-state index is 0.268. The highest BCUT2D eigenvalue weighted by atomic mass is 79.9. The van der Waals surface area contributed by atoms with Crippen LogP contribution >= 0.6 is 15.9 Å². The number of halogens is 3. The average molecular weight is 351 g/mol. The largest absolute Gasteiger partial charge is 0.399 e. The molecule has 1 heterocycles. The summed E-state index contributed by atoms with van der Waals surface area (Å²) < 4.78 is 28.1. The van der Waals surface area contributed by atoms with Gasteiger partial charge in [-0.1, -0.05) is 15.9 Å². The van der Waals surface area contributed by atoms with E-state index in [-0.39, 0.29) is 5.69 Å². The maximum absolute atomic E-state index is 13.9. The monoisotopic (exact) mass is 350 g/mol. The first kappa shape index (κ1) is 13.7. The predicted molar refractivity (Wildman–Crippen MR) is 81.3 cm³/mol. The van der Waals surface area contributed by atoms with E-state index in [4.69, 9.17) is 5.73 Å². The molecule has 2 aromatic carbocycles. The van der Waals surface area contributed by atoms with Crippen LogP contribution in [0.5, 0.6) is 0 Å². The standard InChI is InChI=1S/C14H9BrF2N4/c15-7-3-10(16)13(11(17)4-7)21-14-9-2-1-8(18)5-12(9)19-6-20-14/h1-6H,18H2,(H,19,20,21). The summed E-state index contributed by atoms with van der Waals surface area (Å²) in [6.07, 6.45) is 1.30. The summed E-state index contributed by atoms with van der Waals surface area (Å²) in [6.45, 7) is 0. The summed E-state index contributed by atoms with van der Waals surface area (Å²) in [5.41, 5.74) is 6.55. The first-order valence-electron chi connectivity index (χ1n) is 5.96. The van der Waals surface area contributed by atoms with Gasteiger partial charge in [0.2, 0.25) is 0 Å². The number of nitrogens with one attached hydrogen (secondary N) is 1. The van der Waals surface area contributed by atoms with Gasteiger partial charge >= 0.3 is 0 Å². The Morgan fingerprint density at radius 3 is 2.48 bits per heavy atom. The predicted octanol–water partition coefficient (Wildman–Crippen LogP) is 4.00. The molecular weight excluding hydrogens is 342 g/mol. The van der Waals surface area contributed by atoms with Gasteiger partial charge in [-0.25, -0.2) is 18.7 Å². The van der Waals surface area contributed by atoms with Crippen LogP contribution < -0.4 is 11.1 Å². The maximum Gasteiger partial charge on any atom is 0.150 e. The third kappa shape index (κ3) is 2.64. The molecule has 4 nitrogen and oxygen atoms in total. The Morgan fingerprint density at radius 2 is 1.76 bits per heavy atom. The second kappa shape index (κ2) is 5.25. The van der Waals surface area contributed by atoms with Crippen molar-refractivity contribution in [2.75, 3.05) is 11.1 Å². The molecule has 0 atom stereocenters. The topological polar surface area (TPSA) is 63.8 Å². The Labute approximate surface area is 127 Å². The zero-order valence-corrected chi connectivity index (χ0v) is 12.2. The highest BCUT2D eigenvalue weighted by Crippen LogP contribution is 2.29. The number of benzene rings is 2. The average Bonchev–Trinajstić information content (AvgIpc) is 2.42. The maximum atomic E-state index is 13.9. The highest BCUT2D eigenvalue weighted by molar-refractivity contribution is 9.10. The van der Waals surface area contributed by atoms with Crippen molar-refractivity contribution in [2.45, 2.75) is 0 Å². The van der Waals surface area contributed by atoms with Gasteiger partial charge in [0.1, 0.15) is 17.8 Å². The first-order chi connectivity index (χ1) is 10.0. The molecule has 0 aliphatic heterocycles. The van der Waals surface area contributed by atoms with E-state index in [2.05, 4.69) is 31.2 Å². The van der Waals surface area contributed by atoms with Crippen LogP contribution in [0.15, 0.2) is 41.1 Å². The van der Waals surface area contributed by atoms with Crippen LogP contribution in [0.1, 0.15) is 0 Å². The van der Waals surface area contributed by atoms with Gasteiger partial charge in [-0.2, -0.15) is 0 Å². The molecule has 0 spiro atoms. The van der Waals surface area contributed by atoms with E-state index in [1.807, 2.05) is 0 Å². The molecule has 0 saturated heterocycles. The van der Waals surface area contributed by atoms with Crippen molar-refractivity contribution in [3.05, 3.63) is 52.8 Å². The van der Waals surface area contributed by atoms with Gasteiger partial charge < -0.3 is 11.1 Å². The molecule has 1 aromatic heterocycles. The van der Waals surface area contributed by atoms with Crippen molar-refractivity contribution in [3.8, 4) is 0 Å². The van der Waals surface area contributed by atoms with Crippen LogP contribution in [-0.2, 0) is 0 Å². The molecular formula is C14H9BrF2N4. The number of anilines is 3. The van der Waals surface area contributed by atoms with E-state index >= 15 is 0 Å². The number of nitrogens with two attached hydrogens (primary N) is 1. The number of nitrogen functional groups attached to an aromatic ring is 1. The van der Waals surface area contributed by atoms with Gasteiger partial charge in [-0.05, 0) is 30.3 Å². The normalized spacial score (nSPS) is 10.8. The zero-order chi connectivity index (χ0) is 15.0. The zero-order valence-electron chi connectivity index (χ0n) is 10.6. The minimum Gasteiger partial charge on any atom is -0.399 e. The number of fused-ring (bicyclic) bond motifs is 1. The lowest BCUT2D eigenvalue weighted by Gasteiger charge is -2.10. The summed E-state index contributed by atoms with van der Waals surface area (Å²) in [6, 6.07) is 7.38. The Morgan fingerprint density at radius 1 is 1.05 bits per heavy atom. The van der Waals surface area contributed by atoms with Crippen molar-refractivity contribution in [1.82, 2.24) is 9.97 Å². The first-order valence-corrected chi connectivity index (χ1v) is 6.75. The third-order valence-electron chi connectivity index (χ3n) is 2.91. The van der Waals surface area contributed by atoms with Crippen molar-refractivity contribution in [1.29, 1.82) is 0 Å². The lowest BCUT2D eigenvalue weighted by molar-refractivity contribution is 0.589. The molecule has 0 saturated carbocycles. The van der Waals surface area contributed by atoms with Crippen LogP contribution in [-0.4, -0.2) is 9.97 Å². The SMILES string of the molecule is Nc1ccc2c(Nc3c(F)cc(Br)cc3F)ncnc2c1. The van der Waals surface area contributed by atoms with E-state index < -0.39 is 11.6 Å². The lowest BCUT2D eigenvalue weighted by Crippen LogP contribution is -2.01. The van der Waals surface area contributed by atoms with Crippen molar-refractivity contribution >= 4 is 44.0 Å². The van der Waals surface area contributed by atoms with Gasteiger partial charge in [0, 0.05) is 15.5 Å². The summed E-state index contributed by atoms with van der Waals surface area (Å²) in [7, 11) is 0. The third-order valence-corrected chi connectivity index (χ3v) is 3.37. The van der Waals surface area contributed by atoms with Crippen LogP contribution in [0.2, 0.25) is 0 Å². The van der Waals surface area contributed by atoms with Gasteiger partial charge in [0.15, 0.2) is 11.6 Å². The van der Waals surface area contributed by atoms with Gasteiger partial charge in [-0.3, -0.25) is 0 Å². The van der Waals surface area contributed by atoms with Crippen LogP contribution in [0.4, 0.5) is 26.0 Å². The number of hydrogen-bond donors (Lipinski definition) is 2. The summed E-state index contributed by atoms with van der Waals surface area (Å²) in [5.74, 6) is -1.13. The van der Waals surface area contributed by atoms with Crippen LogP contribution in [0.25, 0.3) is 10.9 Å². The lowest BCUT2D eigenvalue weighted by atomic mass is 10.2. The van der Waals surface area contributed by atoms with E-state index in [0.717, 1.165) is 0 Å². The fourth-order valence-corrected chi connectivity index (χ4v) is 2.36. The molecule has 0 bridgehead atoms. The fourth-order valence-electron chi connectivity index (χ4n) is 1.95. The fraction of sp³-hybridized carbons (Fsp3) is 0. The van der Waals surface area contributed by atoms with Crippen LogP contribution in [0, 0.1) is 11.6 Å². The Kier molecular flexibility index (Phi) is 3.42. The molecule has 0 unspecified atom stereocenters. The number of hydrogen-bond acceptors (Lipinski definition) is 4. The van der Waals surface area contributed by atoms with Crippen molar-refractivity contribution < 1.29 is 8.78 Å². The van der Waals surface area contributed by atoms with E-state index in [1.54, 1.807) is 18.2 Å². The second-order valence-corrected chi connectivity index (χ2v) is 5.28. The van der Waals surface area contributed by atoms with Crippen molar-refractivity contribution in [3.63, 3.8) is 0 Å². The Hall–Kier alpha value is -2.28. The minimum atomic E-state index is -0.718. The molecule has 3 aromatic rings. The Bertz CT molecular complexity index is 815. The number of nitrogens with zero attached hydrogens (tertiary/aromatic N) is 2. The Balaban J connectivity index is 2.11. The van der Waals surface area contributed by atoms with Gasteiger partial charge in [-0.15, -0.1) is 0 Å². The molecule has 3 N–H and O–H groups in total. The molecule has 21 heavy (non-hydrogen) atoms. The van der Waals surface area contributed by atoms with E-state index in [1.165, 1.54) is 18.5 Å². The molecule has 7 heteroatoms. The number of aromatic nitrogens is 2. The summed E-state index contributed by atoms with van der Waals surface area (Å²) in [4.78, 5) is 8.11.